The molecule has 1 heterocycles. The average molecular weight is 276 g/mol. The standard InChI is InChI=1S/C16H24N2O2/c1-12-6-8-14(9-7-12)17-16(20)11-18-10-4-3-5-15(18)13(2)19/h6-9,13,15,19H,3-5,10-11H2,1-2H3,(H,17,20). The molecule has 2 N–H and O–H groups in total. The van der Waals surface area contributed by atoms with E-state index >= 15 is 0 Å². The van der Waals surface area contributed by atoms with Gasteiger partial charge in [-0.15, -0.1) is 0 Å². The van der Waals surface area contributed by atoms with Crippen LogP contribution >= 0.6 is 0 Å². The Morgan fingerprint density at radius 2 is 2.10 bits per heavy atom. The number of carbonyl (C=O) groups is 1. The highest BCUT2D eigenvalue weighted by molar-refractivity contribution is 5.92. The molecule has 4 heteroatoms. The molecule has 0 aromatic heterocycles. The molecule has 0 spiro atoms. The second-order valence-electron chi connectivity index (χ2n) is 5.69. The molecule has 4 nitrogen and oxygen atoms in total. The van der Waals surface area contributed by atoms with E-state index in [2.05, 4.69) is 10.2 Å². The largest absolute Gasteiger partial charge is 0.392 e. The average Bonchev–Trinajstić information content (AvgIpc) is 2.41. The maximum absolute atomic E-state index is 12.1. The molecular formula is C16H24N2O2. The Morgan fingerprint density at radius 3 is 2.75 bits per heavy atom. The maximum atomic E-state index is 12.1. The van der Waals surface area contributed by atoms with Gasteiger partial charge in [-0.2, -0.15) is 0 Å². The summed E-state index contributed by atoms with van der Waals surface area (Å²) in [5.41, 5.74) is 2.00. The summed E-state index contributed by atoms with van der Waals surface area (Å²) >= 11 is 0. The highest BCUT2D eigenvalue weighted by Crippen LogP contribution is 2.19. The second-order valence-corrected chi connectivity index (χ2v) is 5.69. The van der Waals surface area contributed by atoms with Crippen molar-refractivity contribution in [2.75, 3.05) is 18.4 Å². The minimum Gasteiger partial charge on any atom is -0.392 e. The Hall–Kier alpha value is -1.39. The molecule has 2 rings (SSSR count). The second kappa shape index (κ2) is 6.86. The third kappa shape index (κ3) is 4.05. The van der Waals surface area contributed by atoms with Gasteiger partial charge in [-0.25, -0.2) is 0 Å². The van der Waals surface area contributed by atoms with Crippen LogP contribution in [0, 0.1) is 6.92 Å². The molecule has 1 saturated heterocycles. The van der Waals surface area contributed by atoms with E-state index in [0.717, 1.165) is 31.5 Å². The van der Waals surface area contributed by atoms with Crippen molar-refractivity contribution in [1.82, 2.24) is 4.90 Å². The first-order valence-corrected chi connectivity index (χ1v) is 7.35. The van der Waals surface area contributed by atoms with Crippen molar-refractivity contribution in [3.8, 4) is 0 Å². The van der Waals surface area contributed by atoms with E-state index in [-0.39, 0.29) is 18.1 Å². The third-order valence-electron chi connectivity index (χ3n) is 3.90. The van der Waals surface area contributed by atoms with Crippen LogP contribution in [0.3, 0.4) is 0 Å². The van der Waals surface area contributed by atoms with E-state index in [1.807, 2.05) is 31.2 Å². The van der Waals surface area contributed by atoms with Gasteiger partial charge in [0, 0.05) is 11.7 Å². The van der Waals surface area contributed by atoms with E-state index in [1.54, 1.807) is 6.92 Å². The van der Waals surface area contributed by atoms with Crippen LogP contribution in [0.1, 0.15) is 31.7 Å². The molecule has 2 unspecified atom stereocenters. The number of nitrogens with zero attached hydrogens (tertiary/aromatic N) is 1. The van der Waals surface area contributed by atoms with Gasteiger partial charge in [0.05, 0.1) is 12.6 Å². The number of piperidine rings is 1. The SMILES string of the molecule is Cc1ccc(NC(=O)CN2CCCCC2C(C)O)cc1. The summed E-state index contributed by atoms with van der Waals surface area (Å²) in [5.74, 6) is -0.0126. The van der Waals surface area contributed by atoms with Crippen LogP contribution in [0.5, 0.6) is 0 Å². The Kier molecular flexibility index (Phi) is 5.15. The Morgan fingerprint density at radius 1 is 1.40 bits per heavy atom. The first-order chi connectivity index (χ1) is 9.56. The van der Waals surface area contributed by atoms with Gasteiger partial charge in [0.2, 0.25) is 5.91 Å². The summed E-state index contributed by atoms with van der Waals surface area (Å²) in [6.07, 6.45) is 2.81. The first-order valence-electron chi connectivity index (χ1n) is 7.35. The summed E-state index contributed by atoms with van der Waals surface area (Å²) in [6.45, 7) is 5.06. The third-order valence-corrected chi connectivity index (χ3v) is 3.90. The molecule has 0 radical (unpaired) electrons. The van der Waals surface area contributed by atoms with Gasteiger partial charge in [-0.1, -0.05) is 24.1 Å². The molecule has 0 saturated carbocycles. The van der Waals surface area contributed by atoms with Crippen molar-refractivity contribution in [3.05, 3.63) is 29.8 Å². The number of nitrogens with one attached hydrogen (secondary N) is 1. The predicted molar refractivity (Wildman–Crippen MR) is 80.7 cm³/mol. The molecule has 20 heavy (non-hydrogen) atoms. The van der Waals surface area contributed by atoms with Gasteiger partial charge in [0.1, 0.15) is 0 Å². The van der Waals surface area contributed by atoms with Gasteiger partial charge in [-0.05, 0) is 45.4 Å². The smallest absolute Gasteiger partial charge is 0.238 e. The fourth-order valence-electron chi connectivity index (χ4n) is 2.78. The number of hydrogen-bond acceptors (Lipinski definition) is 3. The highest BCUT2D eigenvalue weighted by Gasteiger charge is 2.27. The van der Waals surface area contributed by atoms with Gasteiger partial charge in [0.25, 0.3) is 0 Å². The molecule has 0 aliphatic carbocycles. The number of aliphatic hydroxyl groups is 1. The highest BCUT2D eigenvalue weighted by atomic mass is 16.3. The first kappa shape index (κ1) is 15.0. The van der Waals surface area contributed by atoms with Crippen LogP contribution in [-0.4, -0.2) is 41.1 Å². The number of rotatable bonds is 4. The lowest BCUT2D eigenvalue weighted by molar-refractivity contribution is -0.118. The molecule has 1 fully saturated rings. The number of carbonyl (C=O) groups excluding carboxylic acids is 1. The van der Waals surface area contributed by atoms with Crippen molar-refractivity contribution < 1.29 is 9.90 Å². The fourth-order valence-corrected chi connectivity index (χ4v) is 2.78. The van der Waals surface area contributed by atoms with E-state index in [9.17, 15) is 9.90 Å². The molecule has 1 aliphatic heterocycles. The van der Waals surface area contributed by atoms with Gasteiger partial charge in [-0.3, -0.25) is 9.69 Å². The Balaban J connectivity index is 1.91. The number of amides is 1. The number of anilines is 1. The van der Waals surface area contributed by atoms with E-state index < -0.39 is 0 Å². The molecular weight excluding hydrogens is 252 g/mol. The summed E-state index contributed by atoms with van der Waals surface area (Å²) in [5, 5.41) is 12.7. The van der Waals surface area contributed by atoms with E-state index in [4.69, 9.17) is 0 Å². The van der Waals surface area contributed by atoms with Crippen molar-refractivity contribution in [2.45, 2.75) is 45.3 Å². The van der Waals surface area contributed by atoms with Crippen molar-refractivity contribution in [2.24, 2.45) is 0 Å². The van der Waals surface area contributed by atoms with E-state index in [1.165, 1.54) is 5.56 Å². The molecule has 2 atom stereocenters. The number of likely N-dealkylation sites (tertiary alicyclic amines) is 1. The minimum absolute atomic E-state index is 0.0126. The number of aliphatic hydroxyl groups excluding tert-OH is 1. The normalized spacial score (nSPS) is 21.4. The monoisotopic (exact) mass is 276 g/mol. The maximum Gasteiger partial charge on any atom is 0.238 e. The van der Waals surface area contributed by atoms with E-state index in [0.29, 0.717) is 6.54 Å². The molecule has 0 bridgehead atoms. The number of benzene rings is 1. The van der Waals surface area contributed by atoms with Crippen LogP contribution in [0.2, 0.25) is 0 Å². The van der Waals surface area contributed by atoms with Crippen molar-refractivity contribution >= 4 is 11.6 Å². The van der Waals surface area contributed by atoms with Crippen LogP contribution in [0.15, 0.2) is 24.3 Å². The van der Waals surface area contributed by atoms with Crippen molar-refractivity contribution in [1.29, 1.82) is 0 Å². The zero-order chi connectivity index (χ0) is 14.5. The number of hydrogen-bond donors (Lipinski definition) is 2. The lowest BCUT2D eigenvalue weighted by atomic mass is 9.98. The van der Waals surface area contributed by atoms with Crippen LogP contribution in [0.25, 0.3) is 0 Å². The summed E-state index contributed by atoms with van der Waals surface area (Å²) in [7, 11) is 0. The molecule has 1 aromatic rings. The lowest BCUT2D eigenvalue weighted by Gasteiger charge is -2.36. The molecule has 1 aliphatic rings. The molecule has 1 aromatic carbocycles. The summed E-state index contributed by atoms with van der Waals surface area (Å²) in [6, 6.07) is 7.89. The van der Waals surface area contributed by atoms with Crippen LogP contribution in [0.4, 0.5) is 5.69 Å². The predicted octanol–water partition coefficient (Wildman–Crippen LogP) is 2.17. The fraction of sp³-hybridized carbons (Fsp3) is 0.562. The molecule has 110 valence electrons. The van der Waals surface area contributed by atoms with Gasteiger partial charge >= 0.3 is 0 Å². The van der Waals surface area contributed by atoms with Crippen LogP contribution < -0.4 is 5.32 Å². The summed E-state index contributed by atoms with van der Waals surface area (Å²) < 4.78 is 0. The van der Waals surface area contributed by atoms with Crippen LogP contribution in [-0.2, 0) is 4.79 Å². The van der Waals surface area contributed by atoms with Crippen molar-refractivity contribution in [3.63, 3.8) is 0 Å². The topological polar surface area (TPSA) is 52.6 Å². The molecule has 1 amide bonds. The quantitative estimate of drug-likeness (QED) is 0.886. The lowest BCUT2D eigenvalue weighted by Crippen LogP contribution is -2.48. The Labute approximate surface area is 120 Å². The van der Waals surface area contributed by atoms with Gasteiger partial charge < -0.3 is 10.4 Å². The minimum atomic E-state index is -0.387. The zero-order valence-corrected chi connectivity index (χ0v) is 12.3. The zero-order valence-electron chi connectivity index (χ0n) is 12.3. The summed E-state index contributed by atoms with van der Waals surface area (Å²) in [4.78, 5) is 14.2. The number of aryl methyl sites for hydroxylation is 1. The van der Waals surface area contributed by atoms with Gasteiger partial charge in [0.15, 0.2) is 0 Å². The Bertz CT molecular complexity index is 442.